The highest BCUT2D eigenvalue weighted by molar-refractivity contribution is 5.36. The van der Waals surface area contributed by atoms with E-state index in [1.54, 1.807) is 0 Å². The van der Waals surface area contributed by atoms with Crippen molar-refractivity contribution in [2.75, 3.05) is 6.61 Å². The monoisotopic (exact) mass is 248 g/mol. The molecule has 0 saturated heterocycles. The Labute approximate surface area is 110 Å². The fraction of sp³-hybridized carbons (Fsp3) is 0.750. The summed E-state index contributed by atoms with van der Waals surface area (Å²) < 4.78 is 6.11. The molecule has 3 rings (SSSR count). The minimum absolute atomic E-state index is 0.409. The molecule has 0 bridgehead atoms. The van der Waals surface area contributed by atoms with Crippen molar-refractivity contribution in [1.29, 1.82) is 0 Å². The fourth-order valence-corrected chi connectivity index (χ4v) is 2.94. The third-order valence-corrected chi connectivity index (χ3v) is 4.46. The summed E-state index contributed by atoms with van der Waals surface area (Å²) in [5, 5.41) is 10.5. The van der Waals surface area contributed by atoms with Gasteiger partial charge in [-0.05, 0) is 61.7 Å². The molecule has 0 aromatic carbocycles. The van der Waals surface area contributed by atoms with E-state index in [-0.39, 0.29) is 0 Å². The van der Waals surface area contributed by atoms with Crippen LogP contribution in [0.1, 0.15) is 45.4 Å². The number of aliphatic hydroxyl groups is 1. The quantitative estimate of drug-likeness (QED) is 0.731. The van der Waals surface area contributed by atoms with E-state index in [0.717, 1.165) is 19.4 Å². The maximum atomic E-state index is 10.5. The summed E-state index contributed by atoms with van der Waals surface area (Å²) in [6.07, 6.45) is 13.2. The Bertz CT molecular complexity index is 363. The summed E-state index contributed by atoms with van der Waals surface area (Å²) in [5.74, 6) is 1.24. The number of unbranched alkanes of at least 4 members (excludes halogenated alkanes) is 1. The molecule has 0 heterocycles. The third kappa shape index (κ3) is 2.28. The zero-order valence-corrected chi connectivity index (χ0v) is 11.3. The molecule has 1 N–H and O–H groups in total. The molecule has 0 spiro atoms. The van der Waals surface area contributed by atoms with E-state index in [2.05, 4.69) is 25.2 Å². The van der Waals surface area contributed by atoms with Crippen LogP contribution in [-0.4, -0.2) is 23.4 Å². The van der Waals surface area contributed by atoms with Crippen molar-refractivity contribution in [3.63, 3.8) is 0 Å². The van der Waals surface area contributed by atoms with E-state index >= 15 is 0 Å². The normalized spacial score (nSPS) is 35.7. The minimum atomic E-state index is -0.442. The van der Waals surface area contributed by atoms with Crippen LogP contribution in [-0.2, 0) is 4.74 Å². The molecule has 0 aliphatic heterocycles. The Morgan fingerprint density at radius 3 is 2.67 bits per heavy atom. The van der Waals surface area contributed by atoms with Crippen molar-refractivity contribution < 1.29 is 9.84 Å². The predicted octanol–water partition coefficient (Wildman–Crippen LogP) is 3.22. The van der Waals surface area contributed by atoms with E-state index in [1.807, 2.05) is 0 Å². The summed E-state index contributed by atoms with van der Waals surface area (Å²) in [6.45, 7) is 2.94. The molecule has 2 nitrogen and oxygen atoms in total. The Balaban J connectivity index is 1.72. The first kappa shape index (κ1) is 12.4. The summed E-state index contributed by atoms with van der Waals surface area (Å²) in [5.41, 5.74) is 0.922. The van der Waals surface area contributed by atoms with Gasteiger partial charge in [-0.1, -0.05) is 19.4 Å². The van der Waals surface area contributed by atoms with Crippen molar-refractivity contribution >= 4 is 0 Å². The Morgan fingerprint density at radius 1 is 1.33 bits per heavy atom. The van der Waals surface area contributed by atoms with Crippen molar-refractivity contribution in [3.05, 3.63) is 23.8 Å². The number of allylic oxidation sites excluding steroid dienone is 2. The average Bonchev–Trinajstić information content (AvgIpc) is 3.23. The van der Waals surface area contributed by atoms with Gasteiger partial charge in [0.2, 0.25) is 0 Å². The van der Waals surface area contributed by atoms with Gasteiger partial charge in [0, 0.05) is 6.61 Å². The lowest BCUT2D eigenvalue weighted by Crippen LogP contribution is -2.46. The highest BCUT2D eigenvalue weighted by atomic mass is 16.5. The molecule has 18 heavy (non-hydrogen) atoms. The molecule has 3 aliphatic carbocycles. The molecule has 0 radical (unpaired) electrons. The van der Waals surface area contributed by atoms with Crippen molar-refractivity contribution in [2.45, 2.75) is 57.2 Å². The van der Waals surface area contributed by atoms with Gasteiger partial charge in [-0.15, -0.1) is 0 Å². The highest BCUT2D eigenvalue weighted by Crippen LogP contribution is 2.49. The second-order valence-corrected chi connectivity index (χ2v) is 6.05. The molecule has 0 aromatic rings. The van der Waals surface area contributed by atoms with Gasteiger partial charge in [0.05, 0.1) is 0 Å². The number of rotatable bonds is 6. The molecule has 2 fully saturated rings. The maximum absolute atomic E-state index is 10.5. The molecule has 2 heteroatoms. The summed E-state index contributed by atoms with van der Waals surface area (Å²) in [4.78, 5) is 0. The van der Waals surface area contributed by atoms with Gasteiger partial charge in [-0.25, -0.2) is 0 Å². The van der Waals surface area contributed by atoms with Crippen molar-refractivity contribution in [3.8, 4) is 0 Å². The lowest BCUT2D eigenvalue weighted by atomic mass is 9.83. The molecule has 3 aliphatic rings. The molecular formula is C16H24O2. The number of aliphatic hydroxyl groups excluding tert-OH is 1. The largest absolute Gasteiger partial charge is 0.386 e. The molecule has 2 saturated carbocycles. The summed E-state index contributed by atoms with van der Waals surface area (Å²) in [6, 6.07) is 0. The zero-order chi connectivity index (χ0) is 12.6. The van der Waals surface area contributed by atoms with Gasteiger partial charge >= 0.3 is 0 Å². The van der Waals surface area contributed by atoms with Crippen LogP contribution >= 0.6 is 0 Å². The fourth-order valence-electron chi connectivity index (χ4n) is 2.94. The van der Waals surface area contributed by atoms with Gasteiger partial charge < -0.3 is 9.84 Å². The molecular weight excluding hydrogens is 224 g/mol. The first-order valence-electron chi connectivity index (χ1n) is 7.49. The lowest BCUT2D eigenvalue weighted by Gasteiger charge is -2.37. The molecule has 2 atom stereocenters. The number of hydrogen-bond acceptors (Lipinski definition) is 2. The smallest absolute Gasteiger partial charge is 0.119 e. The molecule has 0 aromatic heterocycles. The predicted molar refractivity (Wildman–Crippen MR) is 72.3 cm³/mol. The Kier molecular flexibility index (Phi) is 3.33. The van der Waals surface area contributed by atoms with Gasteiger partial charge in [0.25, 0.3) is 0 Å². The van der Waals surface area contributed by atoms with E-state index in [9.17, 15) is 5.11 Å². The van der Waals surface area contributed by atoms with Crippen molar-refractivity contribution in [1.82, 2.24) is 0 Å². The van der Waals surface area contributed by atoms with Crippen LogP contribution in [0.5, 0.6) is 0 Å². The van der Waals surface area contributed by atoms with Gasteiger partial charge in [0.1, 0.15) is 11.7 Å². The highest BCUT2D eigenvalue weighted by Gasteiger charge is 2.50. The van der Waals surface area contributed by atoms with E-state index in [0.29, 0.717) is 11.8 Å². The average molecular weight is 248 g/mol. The SMILES string of the molecule is CCCCOC1(C2CC2)C=CC(C2CC2)=CC1O. The summed E-state index contributed by atoms with van der Waals surface area (Å²) in [7, 11) is 0. The van der Waals surface area contributed by atoms with Crippen LogP contribution in [0.15, 0.2) is 23.8 Å². The zero-order valence-electron chi connectivity index (χ0n) is 11.3. The topological polar surface area (TPSA) is 29.5 Å². The lowest BCUT2D eigenvalue weighted by molar-refractivity contribution is -0.0904. The second-order valence-electron chi connectivity index (χ2n) is 6.05. The van der Waals surface area contributed by atoms with Crippen LogP contribution < -0.4 is 0 Å². The summed E-state index contributed by atoms with van der Waals surface area (Å²) >= 11 is 0. The number of ether oxygens (including phenoxy) is 1. The van der Waals surface area contributed by atoms with E-state index in [1.165, 1.54) is 31.3 Å². The van der Waals surface area contributed by atoms with Crippen LogP contribution in [0.4, 0.5) is 0 Å². The maximum Gasteiger partial charge on any atom is 0.119 e. The first-order valence-corrected chi connectivity index (χ1v) is 7.49. The van der Waals surface area contributed by atoms with Gasteiger partial charge in [-0.3, -0.25) is 0 Å². The Morgan fingerprint density at radius 2 is 2.11 bits per heavy atom. The standard InChI is InChI=1S/C16H24O2/c1-2-3-10-18-16(14-6-7-14)9-8-13(11-15(16)17)12-4-5-12/h8-9,11-12,14-15,17H,2-7,10H2,1H3. The Hall–Kier alpha value is -0.600. The van der Waals surface area contributed by atoms with Crippen LogP contribution in [0.3, 0.4) is 0 Å². The number of hydrogen-bond donors (Lipinski definition) is 1. The third-order valence-electron chi connectivity index (χ3n) is 4.46. The van der Waals surface area contributed by atoms with Crippen LogP contribution in [0.25, 0.3) is 0 Å². The van der Waals surface area contributed by atoms with Crippen LogP contribution in [0, 0.1) is 11.8 Å². The van der Waals surface area contributed by atoms with Crippen molar-refractivity contribution in [2.24, 2.45) is 11.8 Å². The second kappa shape index (κ2) is 4.82. The first-order chi connectivity index (χ1) is 8.76. The van der Waals surface area contributed by atoms with E-state index < -0.39 is 11.7 Å². The minimum Gasteiger partial charge on any atom is -0.386 e. The molecule has 100 valence electrons. The van der Waals surface area contributed by atoms with E-state index in [4.69, 9.17) is 4.74 Å². The van der Waals surface area contributed by atoms with Crippen LogP contribution in [0.2, 0.25) is 0 Å². The molecule has 2 unspecified atom stereocenters. The van der Waals surface area contributed by atoms with Gasteiger partial charge in [0.15, 0.2) is 0 Å². The molecule has 0 amide bonds. The van der Waals surface area contributed by atoms with Gasteiger partial charge in [-0.2, -0.15) is 0 Å².